The molecule has 0 aliphatic carbocycles. The van der Waals surface area contributed by atoms with Crippen molar-refractivity contribution in [3.63, 3.8) is 0 Å². The molecule has 0 aromatic carbocycles. The number of nitrogens with zero attached hydrogens (tertiary/aromatic N) is 4. The summed E-state index contributed by atoms with van der Waals surface area (Å²) >= 11 is 1.39. The maximum Gasteiger partial charge on any atom is 0.343 e. The van der Waals surface area contributed by atoms with Gasteiger partial charge < -0.3 is 19.7 Å². The quantitative estimate of drug-likeness (QED) is 0.588. The van der Waals surface area contributed by atoms with Crippen LogP contribution in [0.15, 0.2) is 34.7 Å². The Bertz CT molecular complexity index is 1100. The summed E-state index contributed by atoms with van der Waals surface area (Å²) in [6, 6.07) is 3.69. The Morgan fingerprint density at radius 3 is 2.83 bits per heavy atom. The number of ether oxygens (including phenoxy) is 2. The first-order chi connectivity index (χ1) is 14.6. The van der Waals surface area contributed by atoms with Crippen molar-refractivity contribution in [1.29, 1.82) is 0 Å². The van der Waals surface area contributed by atoms with Crippen LogP contribution in [0.5, 0.6) is 0 Å². The minimum atomic E-state index is -0.655. The van der Waals surface area contributed by atoms with Crippen molar-refractivity contribution in [2.75, 3.05) is 38.8 Å². The maximum atomic E-state index is 13.0. The van der Waals surface area contributed by atoms with Gasteiger partial charge in [0.15, 0.2) is 10.8 Å². The molecule has 4 heterocycles. The molecule has 1 saturated heterocycles. The fourth-order valence-electron chi connectivity index (χ4n) is 3.68. The molecule has 4 rings (SSSR count). The number of hydrogen-bond donors (Lipinski definition) is 1. The summed E-state index contributed by atoms with van der Waals surface area (Å²) in [5.74, 6) is 0.0778. The lowest BCUT2D eigenvalue weighted by atomic mass is 10.2. The smallest absolute Gasteiger partial charge is 0.343 e. The average Bonchev–Trinajstić information content (AvgIpc) is 3.43. The van der Waals surface area contributed by atoms with E-state index in [1.54, 1.807) is 36.9 Å². The van der Waals surface area contributed by atoms with Gasteiger partial charge in [-0.25, -0.2) is 14.8 Å². The van der Waals surface area contributed by atoms with Crippen LogP contribution in [0.25, 0.3) is 16.2 Å². The zero-order chi connectivity index (χ0) is 21.3. The normalized spacial score (nSPS) is 18.8. The fourth-order valence-corrected chi connectivity index (χ4v) is 4.30. The second-order valence-corrected chi connectivity index (χ2v) is 7.76. The van der Waals surface area contributed by atoms with E-state index in [0.29, 0.717) is 22.7 Å². The summed E-state index contributed by atoms with van der Waals surface area (Å²) in [5, 5.41) is 6.05. The van der Waals surface area contributed by atoms with E-state index in [2.05, 4.69) is 15.2 Å². The maximum absolute atomic E-state index is 13.0. The third-order valence-corrected chi connectivity index (χ3v) is 5.99. The molecule has 10 heteroatoms. The molecule has 3 aromatic rings. The van der Waals surface area contributed by atoms with Crippen molar-refractivity contribution in [2.45, 2.75) is 19.1 Å². The molecule has 0 spiro atoms. The molecular weight excluding hydrogens is 406 g/mol. The molecule has 1 aliphatic heterocycles. The van der Waals surface area contributed by atoms with Gasteiger partial charge in [-0.1, -0.05) is 0 Å². The monoisotopic (exact) mass is 429 g/mol. The standard InChI is InChI=1S/C20H23N5O4S/c1-4-29-19(27)13-9-25(20-22-7-8-30-20)18-12(17(13)26)5-6-16(23-18)24-10-14(21-2)15(11-24)28-3/h5-9,14-15,21H,4,10-11H2,1-3H3/t14-,15-/m0/s1. The molecule has 1 fully saturated rings. The van der Waals surface area contributed by atoms with Gasteiger partial charge in [0.25, 0.3) is 0 Å². The molecule has 9 nitrogen and oxygen atoms in total. The molecule has 30 heavy (non-hydrogen) atoms. The first kappa shape index (κ1) is 20.5. The summed E-state index contributed by atoms with van der Waals surface area (Å²) in [4.78, 5) is 36.6. The number of anilines is 1. The molecule has 1 N–H and O–H groups in total. The van der Waals surface area contributed by atoms with Crippen molar-refractivity contribution in [2.24, 2.45) is 0 Å². The van der Waals surface area contributed by atoms with E-state index in [-0.39, 0.29) is 24.3 Å². The molecule has 2 atom stereocenters. The number of aromatic nitrogens is 3. The van der Waals surface area contributed by atoms with Crippen LogP contribution in [0.3, 0.4) is 0 Å². The number of thiazole rings is 1. The zero-order valence-electron chi connectivity index (χ0n) is 17.0. The number of nitrogens with one attached hydrogen (secondary N) is 1. The lowest BCUT2D eigenvalue weighted by molar-refractivity contribution is 0.0524. The first-order valence-corrected chi connectivity index (χ1v) is 10.5. The van der Waals surface area contributed by atoms with Gasteiger partial charge in [-0.15, -0.1) is 11.3 Å². The summed E-state index contributed by atoms with van der Waals surface area (Å²) in [6.07, 6.45) is 3.18. The van der Waals surface area contributed by atoms with E-state index in [9.17, 15) is 9.59 Å². The van der Waals surface area contributed by atoms with E-state index in [0.717, 1.165) is 12.4 Å². The van der Waals surface area contributed by atoms with Gasteiger partial charge in [0.2, 0.25) is 5.43 Å². The van der Waals surface area contributed by atoms with Crippen LogP contribution in [-0.4, -0.2) is 66.5 Å². The van der Waals surface area contributed by atoms with Crippen LogP contribution in [0, 0.1) is 0 Å². The van der Waals surface area contributed by atoms with Gasteiger partial charge in [0.1, 0.15) is 11.4 Å². The van der Waals surface area contributed by atoms with Crippen LogP contribution in [-0.2, 0) is 9.47 Å². The van der Waals surface area contributed by atoms with E-state index < -0.39 is 11.4 Å². The van der Waals surface area contributed by atoms with Crippen molar-refractivity contribution in [3.8, 4) is 5.13 Å². The van der Waals surface area contributed by atoms with Gasteiger partial charge in [0, 0.05) is 38.0 Å². The number of rotatable bonds is 6. The van der Waals surface area contributed by atoms with E-state index in [4.69, 9.17) is 14.5 Å². The molecule has 0 bridgehead atoms. The van der Waals surface area contributed by atoms with Gasteiger partial charge in [-0.05, 0) is 26.1 Å². The number of carbonyl (C=O) groups excluding carboxylic acids is 1. The number of pyridine rings is 2. The van der Waals surface area contributed by atoms with Crippen molar-refractivity contribution < 1.29 is 14.3 Å². The number of esters is 1. The van der Waals surface area contributed by atoms with E-state index in [1.807, 2.05) is 12.4 Å². The van der Waals surface area contributed by atoms with Crippen LogP contribution in [0.1, 0.15) is 17.3 Å². The van der Waals surface area contributed by atoms with Crippen LogP contribution in [0.2, 0.25) is 0 Å². The summed E-state index contributed by atoms with van der Waals surface area (Å²) in [5.41, 5.74) is 0.00642. The highest BCUT2D eigenvalue weighted by atomic mass is 32.1. The molecular formula is C20H23N5O4S. The molecule has 0 amide bonds. The topological polar surface area (TPSA) is 98.6 Å². The number of methoxy groups -OCH3 is 1. The Labute approximate surface area is 177 Å². The van der Waals surface area contributed by atoms with Crippen molar-refractivity contribution in [1.82, 2.24) is 19.9 Å². The highest BCUT2D eigenvalue weighted by Gasteiger charge is 2.32. The Balaban J connectivity index is 1.85. The first-order valence-electron chi connectivity index (χ1n) is 9.65. The number of hydrogen-bond acceptors (Lipinski definition) is 9. The Kier molecular flexibility index (Phi) is 5.80. The van der Waals surface area contributed by atoms with Crippen molar-refractivity contribution in [3.05, 3.63) is 45.7 Å². The average molecular weight is 430 g/mol. The highest BCUT2D eigenvalue weighted by molar-refractivity contribution is 7.12. The number of fused-ring (bicyclic) bond motifs is 1. The largest absolute Gasteiger partial charge is 0.462 e. The SMILES string of the molecule is CCOC(=O)c1cn(-c2nccs2)c2nc(N3C[C@H](NC)[C@@H](OC)C3)ccc2c1=O. The fraction of sp³-hybridized carbons (Fsp3) is 0.400. The minimum absolute atomic E-state index is 0.0371. The van der Waals surface area contributed by atoms with Gasteiger partial charge in [0.05, 0.1) is 24.1 Å². The predicted octanol–water partition coefficient (Wildman–Crippen LogP) is 1.44. The Morgan fingerprint density at radius 1 is 1.37 bits per heavy atom. The lowest BCUT2D eigenvalue weighted by Crippen LogP contribution is -2.37. The third kappa shape index (κ3) is 3.57. The summed E-state index contributed by atoms with van der Waals surface area (Å²) in [6.45, 7) is 3.31. The minimum Gasteiger partial charge on any atom is -0.462 e. The van der Waals surface area contributed by atoms with Crippen LogP contribution >= 0.6 is 11.3 Å². The Hall–Kier alpha value is -2.82. The molecule has 0 unspecified atom stereocenters. The second kappa shape index (κ2) is 8.50. The van der Waals surface area contributed by atoms with E-state index >= 15 is 0 Å². The zero-order valence-corrected chi connectivity index (χ0v) is 17.8. The lowest BCUT2D eigenvalue weighted by Gasteiger charge is -2.18. The molecule has 3 aromatic heterocycles. The second-order valence-electron chi connectivity index (χ2n) is 6.89. The summed E-state index contributed by atoms with van der Waals surface area (Å²) in [7, 11) is 3.61. The van der Waals surface area contributed by atoms with Crippen LogP contribution in [0.4, 0.5) is 5.82 Å². The predicted molar refractivity (Wildman–Crippen MR) is 115 cm³/mol. The van der Waals surface area contributed by atoms with Gasteiger partial charge >= 0.3 is 5.97 Å². The van der Waals surface area contributed by atoms with Gasteiger partial charge in [-0.3, -0.25) is 9.36 Å². The molecule has 0 saturated carbocycles. The highest BCUT2D eigenvalue weighted by Crippen LogP contribution is 2.24. The van der Waals surface area contributed by atoms with Crippen LogP contribution < -0.4 is 15.6 Å². The molecule has 158 valence electrons. The molecule has 1 aliphatic rings. The third-order valence-electron chi connectivity index (χ3n) is 5.22. The van der Waals surface area contributed by atoms with Crippen molar-refractivity contribution >= 4 is 34.2 Å². The van der Waals surface area contributed by atoms with E-state index in [1.165, 1.54) is 17.5 Å². The molecule has 0 radical (unpaired) electrons. The van der Waals surface area contributed by atoms with Gasteiger partial charge in [-0.2, -0.15) is 0 Å². The number of likely N-dealkylation sites (N-methyl/N-ethyl adjacent to an activating group) is 1. The number of carbonyl (C=O) groups is 1. The Morgan fingerprint density at radius 2 is 2.20 bits per heavy atom. The summed E-state index contributed by atoms with van der Waals surface area (Å²) < 4.78 is 12.3.